The second-order valence-corrected chi connectivity index (χ2v) is 5.56. The zero-order chi connectivity index (χ0) is 13.5. The van der Waals surface area contributed by atoms with Gasteiger partial charge >= 0.3 is 0 Å². The van der Waals surface area contributed by atoms with Gasteiger partial charge in [-0.15, -0.1) is 0 Å². The quantitative estimate of drug-likeness (QED) is 0.790. The molecule has 0 radical (unpaired) electrons. The lowest BCUT2D eigenvalue weighted by Crippen LogP contribution is -2.44. The maximum Gasteiger partial charge on any atom is 0.227 e. The predicted octanol–water partition coefficient (Wildman–Crippen LogP) is 0.167. The minimum absolute atomic E-state index is 0.208. The Morgan fingerprint density at radius 1 is 1.26 bits per heavy atom. The Balaban J connectivity index is 1.79. The summed E-state index contributed by atoms with van der Waals surface area (Å²) in [7, 11) is 1.74. The summed E-state index contributed by atoms with van der Waals surface area (Å²) in [4.78, 5) is 16.9. The molecule has 0 bridgehead atoms. The first kappa shape index (κ1) is 14.8. The number of amides is 1. The van der Waals surface area contributed by atoms with Gasteiger partial charge in [-0.3, -0.25) is 9.69 Å². The van der Waals surface area contributed by atoms with Crippen molar-refractivity contribution in [2.75, 3.05) is 59.5 Å². The van der Waals surface area contributed by atoms with Gasteiger partial charge in [-0.2, -0.15) is 0 Å². The highest BCUT2D eigenvalue weighted by molar-refractivity contribution is 5.79. The molecule has 0 aromatic heterocycles. The number of hydrogen-bond acceptors (Lipinski definition) is 4. The molecular weight excluding hydrogens is 242 g/mol. The molecule has 19 heavy (non-hydrogen) atoms. The smallest absolute Gasteiger partial charge is 0.227 e. The third-order valence-electron chi connectivity index (χ3n) is 4.16. The minimum atomic E-state index is 0.208. The van der Waals surface area contributed by atoms with E-state index in [4.69, 9.17) is 4.74 Å². The van der Waals surface area contributed by atoms with Crippen LogP contribution in [-0.2, 0) is 9.53 Å². The molecule has 0 aromatic rings. The maximum absolute atomic E-state index is 12.5. The molecule has 2 aliphatic rings. The van der Waals surface area contributed by atoms with Gasteiger partial charge in [0.25, 0.3) is 0 Å². The van der Waals surface area contributed by atoms with Crippen molar-refractivity contribution >= 4 is 5.91 Å². The van der Waals surface area contributed by atoms with Crippen molar-refractivity contribution in [2.45, 2.75) is 19.3 Å². The lowest BCUT2D eigenvalue weighted by Gasteiger charge is -2.29. The molecular formula is C14H27N3O2. The van der Waals surface area contributed by atoms with E-state index in [0.717, 1.165) is 71.7 Å². The molecule has 5 nitrogen and oxygen atoms in total. The largest absolute Gasteiger partial charge is 0.383 e. The molecule has 0 aromatic carbocycles. The molecule has 5 heteroatoms. The van der Waals surface area contributed by atoms with E-state index in [9.17, 15) is 4.79 Å². The van der Waals surface area contributed by atoms with Crippen LogP contribution in [0.15, 0.2) is 0 Å². The molecule has 1 N–H and O–H groups in total. The zero-order valence-electron chi connectivity index (χ0n) is 12.1. The second kappa shape index (κ2) is 7.82. The number of carbonyl (C=O) groups excluding carboxylic acids is 1. The van der Waals surface area contributed by atoms with Gasteiger partial charge in [0.15, 0.2) is 0 Å². The number of nitrogens with zero attached hydrogens (tertiary/aromatic N) is 2. The van der Waals surface area contributed by atoms with Crippen LogP contribution < -0.4 is 5.32 Å². The van der Waals surface area contributed by atoms with Crippen LogP contribution in [0.1, 0.15) is 19.3 Å². The van der Waals surface area contributed by atoms with Crippen LogP contribution in [0, 0.1) is 5.92 Å². The second-order valence-electron chi connectivity index (χ2n) is 5.56. The average Bonchev–Trinajstić information content (AvgIpc) is 2.71. The molecule has 2 heterocycles. The van der Waals surface area contributed by atoms with E-state index < -0.39 is 0 Å². The maximum atomic E-state index is 12.5. The molecule has 0 saturated carbocycles. The summed E-state index contributed by atoms with van der Waals surface area (Å²) in [6.45, 7) is 7.53. The fraction of sp³-hybridized carbons (Fsp3) is 0.929. The lowest BCUT2D eigenvalue weighted by atomic mass is 9.98. The Labute approximate surface area is 116 Å². The fourth-order valence-corrected chi connectivity index (χ4v) is 2.96. The Bertz CT molecular complexity index is 280. The van der Waals surface area contributed by atoms with E-state index in [1.807, 2.05) is 0 Å². The molecule has 1 amide bonds. The number of piperidine rings is 1. The monoisotopic (exact) mass is 269 g/mol. The molecule has 0 spiro atoms. The highest BCUT2D eigenvalue weighted by atomic mass is 16.5. The SMILES string of the molecule is COCCN1CCCN(C(=O)[C@@H]2CCCNC2)CC1. The fourth-order valence-electron chi connectivity index (χ4n) is 2.96. The molecule has 2 rings (SSSR count). The third-order valence-corrected chi connectivity index (χ3v) is 4.16. The molecule has 1 atom stereocenters. The Morgan fingerprint density at radius 2 is 2.16 bits per heavy atom. The summed E-state index contributed by atoms with van der Waals surface area (Å²) in [6.07, 6.45) is 3.26. The van der Waals surface area contributed by atoms with Gasteiger partial charge in [0.05, 0.1) is 12.5 Å². The first-order chi connectivity index (χ1) is 9.31. The van der Waals surface area contributed by atoms with Crippen LogP contribution in [-0.4, -0.2) is 75.2 Å². The number of nitrogens with one attached hydrogen (secondary N) is 1. The van der Waals surface area contributed by atoms with E-state index in [1.165, 1.54) is 0 Å². The lowest BCUT2D eigenvalue weighted by molar-refractivity contribution is -0.135. The van der Waals surface area contributed by atoms with E-state index in [2.05, 4.69) is 15.1 Å². The van der Waals surface area contributed by atoms with Crippen LogP contribution >= 0.6 is 0 Å². The van der Waals surface area contributed by atoms with E-state index in [1.54, 1.807) is 7.11 Å². The Kier molecular flexibility index (Phi) is 6.07. The number of rotatable bonds is 4. The van der Waals surface area contributed by atoms with Crippen molar-refractivity contribution in [1.82, 2.24) is 15.1 Å². The molecule has 2 saturated heterocycles. The number of ether oxygens (including phenoxy) is 1. The van der Waals surface area contributed by atoms with E-state index in [-0.39, 0.29) is 5.92 Å². The van der Waals surface area contributed by atoms with Gasteiger partial charge in [0.2, 0.25) is 5.91 Å². The summed E-state index contributed by atoms with van der Waals surface area (Å²) in [5.74, 6) is 0.570. The van der Waals surface area contributed by atoms with Gasteiger partial charge in [0.1, 0.15) is 0 Å². The van der Waals surface area contributed by atoms with Crippen molar-refractivity contribution in [2.24, 2.45) is 5.92 Å². The van der Waals surface area contributed by atoms with Gasteiger partial charge in [-0.25, -0.2) is 0 Å². The number of methoxy groups -OCH3 is 1. The first-order valence-corrected chi connectivity index (χ1v) is 7.52. The van der Waals surface area contributed by atoms with Crippen molar-refractivity contribution in [1.29, 1.82) is 0 Å². The topological polar surface area (TPSA) is 44.8 Å². The van der Waals surface area contributed by atoms with Crippen LogP contribution in [0.3, 0.4) is 0 Å². The third kappa shape index (κ3) is 4.44. The van der Waals surface area contributed by atoms with Crippen LogP contribution in [0.5, 0.6) is 0 Å². The Morgan fingerprint density at radius 3 is 2.89 bits per heavy atom. The Hall–Kier alpha value is -0.650. The van der Waals surface area contributed by atoms with Gasteiger partial charge < -0.3 is 15.0 Å². The van der Waals surface area contributed by atoms with Gasteiger partial charge in [-0.1, -0.05) is 0 Å². The van der Waals surface area contributed by atoms with Crippen molar-refractivity contribution in [3.05, 3.63) is 0 Å². The predicted molar refractivity (Wildman–Crippen MR) is 75.1 cm³/mol. The summed E-state index contributed by atoms with van der Waals surface area (Å²) >= 11 is 0. The van der Waals surface area contributed by atoms with Gasteiger partial charge in [-0.05, 0) is 32.4 Å². The summed E-state index contributed by atoms with van der Waals surface area (Å²) in [5, 5.41) is 3.33. The van der Waals surface area contributed by atoms with E-state index >= 15 is 0 Å². The zero-order valence-corrected chi connectivity index (χ0v) is 12.1. The van der Waals surface area contributed by atoms with Crippen molar-refractivity contribution in [3.63, 3.8) is 0 Å². The van der Waals surface area contributed by atoms with Crippen LogP contribution in [0.4, 0.5) is 0 Å². The summed E-state index contributed by atoms with van der Waals surface area (Å²) in [6, 6.07) is 0. The number of hydrogen-bond donors (Lipinski definition) is 1. The molecule has 2 fully saturated rings. The molecule has 110 valence electrons. The van der Waals surface area contributed by atoms with Gasteiger partial charge in [0, 0.05) is 39.8 Å². The highest BCUT2D eigenvalue weighted by Crippen LogP contribution is 2.15. The molecule has 2 aliphatic heterocycles. The summed E-state index contributed by atoms with van der Waals surface area (Å²) in [5.41, 5.74) is 0. The normalized spacial score (nSPS) is 26.2. The molecule has 0 unspecified atom stereocenters. The van der Waals surface area contributed by atoms with E-state index in [0.29, 0.717) is 5.91 Å². The first-order valence-electron chi connectivity index (χ1n) is 7.52. The number of carbonyl (C=O) groups is 1. The minimum Gasteiger partial charge on any atom is -0.383 e. The molecule has 0 aliphatic carbocycles. The van der Waals surface area contributed by atoms with Crippen molar-refractivity contribution < 1.29 is 9.53 Å². The highest BCUT2D eigenvalue weighted by Gasteiger charge is 2.27. The average molecular weight is 269 g/mol. The van der Waals surface area contributed by atoms with Crippen LogP contribution in [0.25, 0.3) is 0 Å². The summed E-state index contributed by atoms with van der Waals surface area (Å²) < 4.78 is 5.12. The standard InChI is InChI=1S/C14H27N3O2/c1-19-11-10-16-6-3-7-17(9-8-16)14(18)13-4-2-5-15-12-13/h13,15H,2-12H2,1H3/t13-/m1/s1. The van der Waals surface area contributed by atoms with Crippen molar-refractivity contribution in [3.8, 4) is 0 Å². The van der Waals surface area contributed by atoms with Crippen LogP contribution in [0.2, 0.25) is 0 Å².